The Labute approximate surface area is 214 Å². The second-order valence-corrected chi connectivity index (χ2v) is 11.4. The summed E-state index contributed by atoms with van der Waals surface area (Å²) in [7, 11) is 0.175. The highest BCUT2D eigenvalue weighted by Gasteiger charge is 2.22. The van der Waals surface area contributed by atoms with Gasteiger partial charge in [0.05, 0.1) is 4.90 Å². The molecule has 2 aromatic heterocycles. The Morgan fingerprint density at radius 2 is 1.73 bits per heavy atom. The molecule has 3 heterocycles. The van der Waals surface area contributed by atoms with E-state index in [0.717, 1.165) is 19.3 Å². The molecule has 10 heteroatoms. The molecule has 1 saturated heterocycles. The van der Waals surface area contributed by atoms with Crippen LogP contribution in [0.25, 0.3) is 22.0 Å². The molecule has 1 aliphatic rings. The molecule has 0 spiro atoms. The van der Waals surface area contributed by atoms with Crippen LogP contribution in [0.2, 0.25) is 0 Å². The first-order chi connectivity index (χ1) is 17.6. The molecule has 2 aromatic carbocycles. The zero-order valence-electron chi connectivity index (χ0n) is 20.9. The fourth-order valence-electron chi connectivity index (χ4n) is 4.53. The molecule has 37 heavy (non-hydrogen) atoms. The zero-order valence-corrected chi connectivity index (χ0v) is 21.7. The number of fused-ring (bicyclic) bond motifs is 1. The molecule has 0 radical (unpaired) electrons. The van der Waals surface area contributed by atoms with Gasteiger partial charge in [0.15, 0.2) is 9.84 Å². The lowest BCUT2D eigenvalue weighted by atomic mass is 10.0. The van der Waals surface area contributed by atoms with Gasteiger partial charge in [-0.15, -0.1) is 0 Å². The third-order valence-electron chi connectivity index (χ3n) is 6.66. The summed E-state index contributed by atoms with van der Waals surface area (Å²) in [6.07, 6.45) is 4.48. The Hall–Kier alpha value is -3.89. The monoisotopic (exact) mass is 520 g/mol. The number of likely N-dealkylation sites (N-methyl/N-ethyl adjacent to an activating group) is 1. The van der Waals surface area contributed by atoms with Crippen molar-refractivity contribution in [3.05, 3.63) is 76.8 Å². The van der Waals surface area contributed by atoms with E-state index in [1.807, 2.05) is 11.9 Å². The van der Waals surface area contributed by atoms with Gasteiger partial charge in [-0.3, -0.25) is 9.59 Å². The van der Waals surface area contributed by atoms with E-state index in [2.05, 4.69) is 9.88 Å². The van der Waals surface area contributed by atoms with Crippen LogP contribution in [0.15, 0.2) is 70.6 Å². The zero-order chi connectivity index (χ0) is 26.3. The summed E-state index contributed by atoms with van der Waals surface area (Å²) < 4.78 is 32.4. The van der Waals surface area contributed by atoms with E-state index in [4.69, 9.17) is 4.74 Å². The number of piperazine rings is 1. The number of amides is 1. The number of carbonyl (C=O) groups is 1. The third kappa shape index (κ3) is 4.90. The number of hydrogen-bond acceptors (Lipinski definition) is 6. The van der Waals surface area contributed by atoms with E-state index >= 15 is 0 Å². The molecule has 192 valence electrons. The number of H-pyrrole nitrogens is 1. The Morgan fingerprint density at radius 1 is 0.973 bits per heavy atom. The van der Waals surface area contributed by atoms with Gasteiger partial charge >= 0.3 is 0 Å². The quantitative estimate of drug-likeness (QED) is 0.434. The minimum atomic E-state index is -3.50. The summed E-state index contributed by atoms with van der Waals surface area (Å²) in [6.45, 7) is 2.98. The summed E-state index contributed by atoms with van der Waals surface area (Å²) in [6, 6.07) is 13.4. The first kappa shape index (κ1) is 24.8. The number of carbonyl (C=O) groups excluding carboxylic acids is 1. The topological polar surface area (TPSA) is 105 Å². The molecule has 5 rings (SSSR count). The predicted octanol–water partition coefficient (Wildman–Crippen LogP) is 3.12. The number of aryl methyl sites for hydroxylation is 1. The number of nitrogens with one attached hydrogen (secondary N) is 1. The van der Waals surface area contributed by atoms with Crippen molar-refractivity contribution < 1.29 is 17.9 Å². The maximum Gasteiger partial charge on any atom is 0.274 e. The van der Waals surface area contributed by atoms with E-state index < -0.39 is 9.84 Å². The fraction of sp³-hybridized carbons (Fsp3) is 0.259. The largest absolute Gasteiger partial charge is 0.457 e. The number of nitrogens with zero attached hydrogens (tertiary/aromatic N) is 3. The van der Waals surface area contributed by atoms with Crippen molar-refractivity contribution in [1.29, 1.82) is 0 Å². The SMILES string of the molecule is CN1CCN(C(=O)c2cccc(Oc3ccc(S(C)(=O)=O)cc3-c3cn(C)c(=O)c4[nH]ccc34)c2)CC1. The molecular formula is C27H28N4O5S. The number of ether oxygens (including phenoxy) is 1. The van der Waals surface area contributed by atoms with Crippen LogP contribution in [-0.4, -0.2) is 73.2 Å². The molecule has 1 N–H and O–H groups in total. The van der Waals surface area contributed by atoms with E-state index in [-0.39, 0.29) is 16.4 Å². The summed E-state index contributed by atoms with van der Waals surface area (Å²) in [5, 5.41) is 0.651. The maximum absolute atomic E-state index is 13.1. The van der Waals surface area contributed by atoms with Crippen LogP contribution in [0.4, 0.5) is 0 Å². The number of aromatic amines is 1. The minimum absolute atomic E-state index is 0.0571. The van der Waals surface area contributed by atoms with Crippen LogP contribution in [0.3, 0.4) is 0 Å². The number of aromatic nitrogens is 2. The smallest absolute Gasteiger partial charge is 0.274 e. The van der Waals surface area contributed by atoms with Crippen LogP contribution in [0.1, 0.15) is 10.4 Å². The maximum atomic E-state index is 13.1. The van der Waals surface area contributed by atoms with Crippen molar-refractivity contribution in [2.45, 2.75) is 4.90 Å². The fourth-order valence-corrected chi connectivity index (χ4v) is 5.18. The van der Waals surface area contributed by atoms with Crippen LogP contribution in [0, 0.1) is 0 Å². The number of sulfone groups is 1. The minimum Gasteiger partial charge on any atom is -0.457 e. The standard InChI is InChI=1S/C27H28N4O5S/c1-29-11-13-31(14-12-29)26(32)18-5-4-6-19(15-18)36-24-8-7-20(37(3,34)35)16-22(24)23-17-30(2)27(33)25-21(23)9-10-28-25/h4-10,15-17,28H,11-14H2,1-3H3. The molecular weight excluding hydrogens is 492 g/mol. The Balaban J connectivity index is 1.56. The van der Waals surface area contributed by atoms with Crippen molar-refractivity contribution in [3.8, 4) is 22.6 Å². The van der Waals surface area contributed by atoms with Gasteiger partial charge in [0.1, 0.15) is 17.0 Å². The van der Waals surface area contributed by atoms with Crippen LogP contribution < -0.4 is 10.3 Å². The second-order valence-electron chi connectivity index (χ2n) is 9.38. The van der Waals surface area contributed by atoms with Gasteiger partial charge in [0.2, 0.25) is 0 Å². The van der Waals surface area contributed by atoms with Gasteiger partial charge in [-0.05, 0) is 49.5 Å². The first-order valence-electron chi connectivity index (χ1n) is 11.9. The van der Waals surface area contributed by atoms with Crippen molar-refractivity contribution >= 4 is 26.6 Å². The molecule has 1 aliphatic heterocycles. The van der Waals surface area contributed by atoms with Crippen molar-refractivity contribution in [3.63, 3.8) is 0 Å². The molecule has 0 atom stereocenters. The normalized spacial score (nSPS) is 14.7. The summed E-state index contributed by atoms with van der Waals surface area (Å²) in [5.41, 5.74) is 1.89. The molecule has 0 saturated carbocycles. The summed E-state index contributed by atoms with van der Waals surface area (Å²) in [4.78, 5) is 32.8. The van der Waals surface area contributed by atoms with Gasteiger partial charge in [0, 0.05) is 74.0 Å². The Morgan fingerprint density at radius 3 is 2.46 bits per heavy atom. The first-order valence-corrected chi connectivity index (χ1v) is 13.8. The highest BCUT2D eigenvalue weighted by atomic mass is 32.2. The molecule has 0 aliphatic carbocycles. The molecule has 0 bridgehead atoms. The lowest BCUT2D eigenvalue weighted by Gasteiger charge is -2.32. The number of rotatable bonds is 5. The van der Waals surface area contributed by atoms with Crippen molar-refractivity contribution in [2.75, 3.05) is 39.5 Å². The van der Waals surface area contributed by atoms with Crippen molar-refractivity contribution in [2.24, 2.45) is 7.05 Å². The van der Waals surface area contributed by atoms with E-state index in [9.17, 15) is 18.0 Å². The van der Waals surface area contributed by atoms with Gasteiger partial charge in [-0.25, -0.2) is 8.42 Å². The van der Waals surface area contributed by atoms with E-state index in [1.165, 1.54) is 10.6 Å². The average Bonchev–Trinajstić information content (AvgIpc) is 3.37. The van der Waals surface area contributed by atoms with Crippen LogP contribution in [0.5, 0.6) is 11.5 Å². The van der Waals surface area contributed by atoms with E-state index in [1.54, 1.807) is 61.9 Å². The molecule has 4 aromatic rings. The molecule has 1 amide bonds. The highest BCUT2D eigenvalue weighted by Crippen LogP contribution is 2.38. The Bertz CT molecular complexity index is 1660. The van der Waals surface area contributed by atoms with E-state index in [0.29, 0.717) is 52.2 Å². The van der Waals surface area contributed by atoms with Crippen LogP contribution >= 0.6 is 0 Å². The number of benzene rings is 2. The average molecular weight is 521 g/mol. The summed E-state index contributed by atoms with van der Waals surface area (Å²) >= 11 is 0. The molecule has 1 fully saturated rings. The third-order valence-corrected chi connectivity index (χ3v) is 7.77. The number of pyridine rings is 1. The number of hydrogen-bond donors (Lipinski definition) is 1. The molecule has 0 unspecified atom stereocenters. The lowest BCUT2D eigenvalue weighted by molar-refractivity contribution is 0.0664. The van der Waals surface area contributed by atoms with Gasteiger partial charge < -0.3 is 24.1 Å². The van der Waals surface area contributed by atoms with Gasteiger partial charge in [-0.1, -0.05) is 6.07 Å². The molecule has 9 nitrogen and oxygen atoms in total. The van der Waals surface area contributed by atoms with Gasteiger partial charge in [0.25, 0.3) is 11.5 Å². The lowest BCUT2D eigenvalue weighted by Crippen LogP contribution is -2.47. The Kier molecular flexibility index (Phi) is 6.38. The van der Waals surface area contributed by atoms with Crippen molar-refractivity contribution in [1.82, 2.24) is 19.4 Å². The predicted molar refractivity (Wildman–Crippen MR) is 142 cm³/mol. The van der Waals surface area contributed by atoms with Crippen LogP contribution in [-0.2, 0) is 16.9 Å². The highest BCUT2D eigenvalue weighted by molar-refractivity contribution is 7.90. The van der Waals surface area contributed by atoms with Gasteiger partial charge in [-0.2, -0.15) is 0 Å². The summed E-state index contributed by atoms with van der Waals surface area (Å²) in [5.74, 6) is 0.791. The second kappa shape index (κ2) is 9.53.